The Morgan fingerprint density at radius 2 is 1.25 bits per heavy atom. The van der Waals surface area contributed by atoms with Gasteiger partial charge in [0.1, 0.15) is 5.78 Å². The zero-order valence-electron chi connectivity index (χ0n) is 9.69. The largest absolute Gasteiger partial charge is 0.466 e. The highest BCUT2D eigenvalue weighted by Gasteiger charge is 2.63. The Morgan fingerprint density at radius 1 is 0.875 bits per heavy atom. The van der Waals surface area contributed by atoms with Crippen molar-refractivity contribution in [3.05, 3.63) is 0 Å². The molecular formula is C11H16O5. The minimum absolute atomic E-state index is 0.170. The molecule has 0 saturated heterocycles. The minimum atomic E-state index is -0.642. The van der Waals surface area contributed by atoms with E-state index in [2.05, 4.69) is 0 Å². The van der Waals surface area contributed by atoms with Crippen LogP contribution in [-0.2, 0) is 23.9 Å². The Kier molecular flexibility index (Phi) is 4.04. The molecule has 1 aliphatic rings. The van der Waals surface area contributed by atoms with Crippen molar-refractivity contribution in [3.8, 4) is 0 Å². The number of ketones is 1. The topological polar surface area (TPSA) is 69.7 Å². The second-order valence-electron chi connectivity index (χ2n) is 3.69. The van der Waals surface area contributed by atoms with Gasteiger partial charge in [0, 0.05) is 5.92 Å². The lowest BCUT2D eigenvalue weighted by atomic mass is 10.2. The molecule has 0 aromatic heterocycles. The first-order valence-electron chi connectivity index (χ1n) is 5.38. The van der Waals surface area contributed by atoms with E-state index in [0.717, 1.165) is 0 Å². The molecule has 0 spiro atoms. The summed E-state index contributed by atoms with van der Waals surface area (Å²) in [6.07, 6.45) is 0. The summed E-state index contributed by atoms with van der Waals surface area (Å²) >= 11 is 0. The summed E-state index contributed by atoms with van der Waals surface area (Å²) in [6, 6.07) is 0. The molecule has 1 aliphatic carbocycles. The molecular weight excluding hydrogens is 212 g/mol. The Balaban J connectivity index is 2.67. The first kappa shape index (κ1) is 12.7. The van der Waals surface area contributed by atoms with Crippen LogP contribution in [0, 0.1) is 17.8 Å². The summed E-state index contributed by atoms with van der Waals surface area (Å²) in [5.41, 5.74) is 0. The number of ether oxygens (including phenoxy) is 2. The first-order chi connectivity index (χ1) is 7.54. The second-order valence-corrected chi connectivity index (χ2v) is 3.69. The lowest BCUT2D eigenvalue weighted by Gasteiger charge is -2.00. The molecule has 0 amide bonds. The maximum absolute atomic E-state index is 11.5. The molecule has 0 N–H and O–H groups in total. The summed E-state index contributed by atoms with van der Waals surface area (Å²) < 4.78 is 9.61. The van der Waals surface area contributed by atoms with E-state index in [-0.39, 0.29) is 19.0 Å². The standard InChI is InChI=1S/C11H16O5/c1-4-15-10(13)8-7(6(3)12)9(8)11(14)16-5-2/h7-9H,4-5H2,1-3H3/t8-,9-/m0/s1. The van der Waals surface area contributed by atoms with Gasteiger partial charge in [-0.1, -0.05) is 0 Å². The van der Waals surface area contributed by atoms with Gasteiger partial charge in [-0.3, -0.25) is 14.4 Å². The molecule has 1 fully saturated rings. The summed E-state index contributed by atoms with van der Waals surface area (Å²) in [5, 5.41) is 0. The van der Waals surface area contributed by atoms with Crippen molar-refractivity contribution in [2.45, 2.75) is 20.8 Å². The number of carbonyl (C=O) groups excluding carboxylic acids is 3. The van der Waals surface area contributed by atoms with Gasteiger partial charge in [-0.25, -0.2) is 0 Å². The van der Waals surface area contributed by atoms with Crippen molar-refractivity contribution in [1.82, 2.24) is 0 Å². The number of carbonyl (C=O) groups is 3. The fourth-order valence-electron chi connectivity index (χ4n) is 1.88. The first-order valence-corrected chi connectivity index (χ1v) is 5.38. The van der Waals surface area contributed by atoms with Gasteiger partial charge >= 0.3 is 11.9 Å². The third-order valence-electron chi connectivity index (χ3n) is 2.61. The maximum atomic E-state index is 11.5. The number of Topliss-reactive ketones (excluding diaryl/α,β-unsaturated/α-hetero) is 1. The van der Waals surface area contributed by atoms with Gasteiger partial charge < -0.3 is 9.47 Å². The normalized spacial score (nSPS) is 27.1. The molecule has 90 valence electrons. The zero-order valence-corrected chi connectivity index (χ0v) is 9.69. The van der Waals surface area contributed by atoms with Gasteiger partial charge in [-0.05, 0) is 20.8 Å². The van der Waals surface area contributed by atoms with Crippen LogP contribution in [0.1, 0.15) is 20.8 Å². The Bertz CT molecular complexity index is 285. The lowest BCUT2D eigenvalue weighted by Crippen LogP contribution is -2.13. The summed E-state index contributed by atoms with van der Waals surface area (Å²) in [6.45, 7) is 5.23. The lowest BCUT2D eigenvalue weighted by molar-refractivity contribution is -0.150. The fourth-order valence-corrected chi connectivity index (χ4v) is 1.88. The maximum Gasteiger partial charge on any atom is 0.310 e. The third-order valence-corrected chi connectivity index (χ3v) is 2.61. The van der Waals surface area contributed by atoms with Crippen molar-refractivity contribution in [3.63, 3.8) is 0 Å². The molecule has 0 aliphatic heterocycles. The van der Waals surface area contributed by atoms with Crippen molar-refractivity contribution in [2.24, 2.45) is 17.8 Å². The zero-order chi connectivity index (χ0) is 12.3. The van der Waals surface area contributed by atoms with E-state index in [1.807, 2.05) is 0 Å². The van der Waals surface area contributed by atoms with Gasteiger partial charge in [-0.15, -0.1) is 0 Å². The molecule has 0 aromatic rings. The highest BCUT2D eigenvalue weighted by Crippen LogP contribution is 2.48. The van der Waals surface area contributed by atoms with Gasteiger partial charge in [0.15, 0.2) is 0 Å². The van der Waals surface area contributed by atoms with Gasteiger partial charge in [-0.2, -0.15) is 0 Å². The van der Waals surface area contributed by atoms with E-state index in [4.69, 9.17) is 9.47 Å². The van der Waals surface area contributed by atoms with Crippen LogP contribution in [0.3, 0.4) is 0 Å². The van der Waals surface area contributed by atoms with Crippen molar-refractivity contribution in [1.29, 1.82) is 0 Å². The molecule has 5 heteroatoms. The van der Waals surface area contributed by atoms with E-state index in [1.54, 1.807) is 13.8 Å². The van der Waals surface area contributed by atoms with E-state index >= 15 is 0 Å². The highest BCUT2D eigenvalue weighted by molar-refractivity contribution is 5.99. The van der Waals surface area contributed by atoms with Crippen molar-refractivity contribution < 1.29 is 23.9 Å². The molecule has 1 saturated carbocycles. The fraction of sp³-hybridized carbons (Fsp3) is 0.727. The Labute approximate surface area is 94.1 Å². The molecule has 0 radical (unpaired) electrons. The van der Waals surface area contributed by atoms with Crippen LogP contribution >= 0.6 is 0 Å². The molecule has 0 unspecified atom stereocenters. The number of rotatable bonds is 5. The van der Waals surface area contributed by atoms with Crippen LogP contribution in [0.2, 0.25) is 0 Å². The van der Waals surface area contributed by atoms with Gasteiger partial charge in [0.2, 0.25) is 0 Å². The Morgan fingerprint density at radius 3 is 1.50 bits per heavy atom. The predicted octanol–water partition coefficient (Wildman–Crippen LogP) is 0.564. The third kappa shape index (κ3) is 2.40. The SMILES string of the molecule is CCOC(=O)[C@H]1C(C(C)=O)[C@@H]1C(=O)OCC. The molecule has 2 atom stereocenters. The molecule has 0 bridgehead atoms. The van der Waals surface area contributed by atoms with Crippen LogP contribution in [0.25, 0.3) is 0 Å². The molecule has 1 rings (SSSR count). The van der Waals surface area contributed by atoms with Crippen LogP contribution in [0.5, 0.6) is 0 Å². The quantitative estimate of drug-likeness (QED) is 0.643. The number of esters is 2. The average molecular weight is 228 g/mol. The Hall–Kier alpha value is -1.39. The predicted molar refractivity (Wildman–Crippen MR) is 54.4 cm³/mol. The van der Waals surface area contributed by atoms with Gasteiger partial charge in [0.25, 0.3) is 0 Å². The van der Waals surface area contributed by atoms with Crippen molar-refractivity contribution >= 4 is 17.7 Å². The summed E-state index contributed by atoms with van der Waals surface area (Å²) in [4.78, 5) is 34.1. The van der Waals surface area contributed by atoms with Crippen LogP contribution < -0.4 is 0 Å². The number of hydrogen-bond acceptors (Lipinski definition) is 5. The van der Waals surface area contributed by atoms with Crippen LogP contribution in [-0.4, -0.2) is 30.9 Å². The summed E-state index contributed by atoms with van der Waals surface area (Å²) in [7, 11) is 0. The summed E-state index contributed by atoms with van der Waals surface area (Å²) in [5.74, 6) is -2.98. The van der Waals surface area contributed by atoms with E-state index in [1.165, 1.54) is 6.92 Å². The number of hydrogen-bond donors (Lipinski definition) is 0. The minimum Gasteiger partial charge on any atom is -0.466 e. The molecule has 16 heavy (non-hydrogen) atoms. The second kappa shape index (κ2) is 5.09. The molecule has 0 heterocycles. The monoisotopic (exact) mass is 228 g/mol. The van der Waals surface area contributed by atoms with Crippen LogP contribution in [0.4, 0.5) is 0 Å². The molecule has 5 nitrogen and oxygen atoms in total. The van der Waals surface area contributed by atoms with E-state index < -0.39 is 29.7 Å². The highest BCUT2D eigenvalue weighted by atomic mass is 16.5. The average Bonchev–Trinajstić information content (AvgIpc) is 2.93. The van der Waals surface area contributed by atoms with E-state index in [0.29, 0.717) is 0 Å². The van der Waals surface area contributed by atoms with Crippen LogP contribution in [0.15, 0.2) is 0 Å². The van der Waals surface area contributed by atoms with Crippen molar-refractivity contribution in [2.75, 3.05) is 13.2 Å². The smallest absolute Gasteiger partial charge is 0.310 e. The molecule has 0 aromatic carbocycles. The van der Waals surface area contributed by atoms with Gasteiger partial charge in [0.05, 0.1) is 25.0 Å². The van der Waals surface area contributed by atoms with E-state index in [9.17, 15) is 14.4 Å².